The number of aliphatic carboxylic acids is 1. The third-order valence-electron chi connectivity index (χ3n) is 3.06. The molecule has 0 bridgehead atoms. The van der Waals surface area contributed by atoms with E-state index in [1.54, 1.807) is 31.2 Å². The van der Waals surface area contributed by atoms with Gasteiger partial charge in [0.05, 0.1) is 6.61 Å². The van der Waals surface area contributed by atoms with Crippen molar-refractivity contribution in [1.29, 1.82) is 0 Å². The summed E-state index contributed by atoms with van der Waals surface area (Å²) < 4.78 is 5.58. The molecule has 0 saturated heterocycles. The molecule has 0 aliphatic carbocycles. The highest BCUT2D eigenvalue weighted by atomic mass is 16.5. The van der Waals surface area contributed by atoms with E-state index in [0.717, 1.165) is 6.42 Å². The fourth-order valence-corrected chi connectivity index (χ4v) is 1.78. The molecule has 0 spiro atoms. The van der Waals surface area contributed by atoms with Crippen molar-refractivity contribution in [3.8, 4) is 5.75 Å². The lowest BCUT2D eigenvalue weighted by Crippen LogP contribution is -2.35. The van der Waals surface area contributed by atoms with Gasteiger partial charge in [-0.25, -0.2) is 0 Å². The molecule has 0 aliphatic rings. The Morgan fingerprint density at radius 1 is 1.24 bits per heavy atom. The molecule has 0 heterocycles. The molecule has 1 aromatic rings. The first kappa shape index (κ1) is 17.0. The number of carbonyl (C=O) groups is 2. The number of carboxylic acids is 1. The summed E-state index contributed by atoms with van der Waals surface area (Å²) in [4.78, 5) is 24.2. The van der Waals surface area contributed by atoms with E-state index in [2.05, 4.69) is 13.8 Å². The summed E-state index contributed by atoms with van der Waals surface area (Å²) in [6, 6.07) is 6.80. The van der Waals surface area contributed by atoms with Gasteiger partial charge in [0.2, 0.25) is 0 Å². The van der Waals surface area contributed by atoms with E-state index < -0.39 is 5.97 Å². The first-order valence-corrected chi connectivity index (χ1v) is 7.18. The minimum atomic E-state index is -1.01. The summed E-state index contributed by atoms with van der Waals surface area (Å²) in [5, 5.41) is 8.78. The van der Waals surface area contributed by atoms with E-state index in [9.17, 15) is 9.59 Å². The summed E-state index contributed by atoms with van der Waals surface area (Å²) in [5.41, 5.74) is 0.467. The molecule has 21 heavy (non-hydrogen) atoms. The molecule has 0 fully saturated rings. The fraction of sp³-hybridized carbons (Fsp3) is 0.500. The van der Waals surface area contributed by atoms with Crippen LogP contribution in [0.5, 0.6) is 5.75 Å². The number of ether oxygens (including phenoxy) is 1. The quantitative estimate of drug-likeness (QED) is 0.800. The number of rotatable bonds is 8. The van der Waals surface area contributed by atoms with Crippen molar-refractivity contribution < 1.29 is 19.4 Å². The zero-order chi connectivity index (χ0) is 15.8. The average molecular weight is 293 g/mol. The molecule has 0 saturated carbocycles. The summed E-state index contributed by atoms with van der Waals surface area (Å²) in [5.74, 6) is 0.000865. The van der Waals surface area contributed by atoms with Crippen LogP contribution < -0.4 is 4.74 Å². The molecule has 1 aromatic carbocycles. The van der Waals surface area contributed by atoms with Gasteiger partial charge in [-0.1, -0.05) is 13.8 Å². The molecule has 0 atom stereocenters. The molecule has 1 amide bonds. The van der Waals surface area contributed by atoms with E-state index in [1.165, 1.54) is 4.90 Å². The number of carboxylic acid groups (broad SMARTS) is 1. The Balaban J connectivity index is 2.63. The molecule has 0 aromatic heterocycles. The number of benzene rings is 1. The Morgan fingerprint density at radius 2 is 1.86 bits per heavy atom. The maximum Gasteiger partial charge on any atom is 0.323 e. The van der Waals surface area contributed by atoms with E-state index in [-0.39, 0.29) is 12.5 Å². The molecular weight excluding hydrogens is 270 g/mol. The van der Waals surface area contributed by atoms with Crippen LogP contribution in [0.15, 0.2) is 24.3 Å². The van der Waals surface area contributed by atoms with Gasteiger partial charge in [-0.2, -0.15) is 0 Å². The second-order valence-corrected chi connectivity index (χ2v) is 5.27. The normalized spacial score (nSPS) is 10.5. The van der Waals surface area contributed by atoms with Crippen molar-refractivity contribution in [2.75, 3.05) is 19.7 Å². The zero-order valence-corrected chi connectivity index (χ0v) is 12.8. The topological polar surface area (TPSA) is 66.8 Å². The van der Waals surface area contributed by atoms with Gasteiger partial charge >= 0.3 is 5.97 Å². The van der Waals surface area contributed by atoms with Crippen molar-refractivity contribution in [3.05, 3.63) is 29.8 Å². The summed E-state index contributed by atoms with van der Waals surface area (Å²) in [7, 11) is 0. The first-order valence-electron chi connectivity index (χ1n) is 7.18. The van der Waals surface area contributed by atoms with Gasteiger partial charge in [-0.3, -0.25) is 9.59 Å². The minimum Gasteiger partial charge on any atom is -0.494 e. The Bertz CT molecular complexity index is 468. The molecule has 1 N–H and O–H groups in total. The molecule has 0 radical (unpaired) electrons. The van der Waals surface area contributed by atoms with E-state index >= 15 is 0 Å². The van der Waals surface area contributed by atoms with Crippen molar-refractivity contribution in [3.63, 3.8) is 0 Å². The Hall–Kier alpha value is -2.04. The first-order chi connectivity index (χ1) is 9.93. The monoisotopic (exact) mass is 293 g/mol. The van der Waals surface area contributed by atoms with Crippen LogP contribution in [0.2, 0.25) is 0 Å². The van der Waals surface area contributed by atoms with Gasteiger partial charge in [0.15, 0.2) is 0 Å². The number of carbonyl (C=O) groups excluding carboxylic acids is 1. The third-order valence-corrected chi connectivity index (χ3v) is 3.06. The number of likely N-dealkylation sites (N-methyl/N-ethyl adjacent to an activating group) is 1. The number of hydrogen-bond donors (Lipinski definition) is 1. The lowest BCUT2D eigenvalue weighted by Gasteiger charge is -2.18. The Labute approximate surface area is 125 Å². The molecule has 0 unspecified atom stereocenters. The molecule has 5 heteroatoms. The summed E-state index contributed by atoms with van der Waals surface area (Å²) in [6.45, 7) is 6.73. The maximum atomic E-state index is 12.1. The van der Waals surface area contributed by atoms with E-state index in [0.29, 0.717) is 30.4 Å². The average Bonchev–Trinajstić information content (AvgIpc) is 2.44. The summed E-state index contributed by atoms with van der Waals surface area (Å²) in [6.07, 6.45) is 0.975. The van der Waals surface area contributed by atoms with Gasteiger partial charge in [0.1, 0.15) is 12.3 Å². The van der Waals surface area contributed by atoms with Gasteiger partial charge in [0, 0.05) is 12.1 Å². The van der Waals surface area contributed by atoms with Gasteiger partial charge in [-0.05, 0) is 43.5 Å². The largest absolute Gasteiger partial charge is 0.494 e. The molecule has 116 valence electrons. The molecule has 0 aliphatic heterocycles. The van der Waals surface area contributed by atoms with Gasteiger partial charge in [-0.15, -0.1) is 0 Å². The summed E-state index contributed by atoms with van der Waals surface area (Å²) >= 11 is 0. The smallest absolute Gasteiger partial charge is 0.323 e. The van der Waals surface area contributed by atoms with Gasteiger partial charge in [0.25, 0.3) is 5.91 Å². The van der Waals surface area contributed by atoms with Crippen molar-refractivity contribution in [1.82, 2.24) is 4.90 Å². The zero-order valence-electron chi connectivity index (χ0n) is 12.8. The number of amides is 1. The van der Waals surface area contributed by atoms with Crippen molar-refractivity contribution in [2.24, 2.45) is 5.92 Å². The SMILES string of the molecule is CCN(CC(=O)O)C(=O)c1ccc(OCCC(C)C)cc1. The van der Waals surface area contributed by atoms with Crippen molar-refractivity contribution >= 4 is 11.9 Å². The van der Waals surface area contributed by atoms with E-state index in [1.807, 2.05) is 0 Å². The van der Waals surface area contributed by atoms with Crippen LogP contribution in [-0.4, -0.2) is 41.6 Å². The fourth-order valence-electron chi connectivity index (χ4n) is 1.78. The third kappa shape index (κ3) is 5.85. The van der Waals surface area contributed by atoms with Gasteiger partial charge < -0.3 is 14.7 Å². The second kappa shape index (κ2) is 8.29. The second-order valence-electron chi connectivity index (χ2n) is 5.27. The van der Waals surface area contributed by atoms with Crippen LogP contribution in [0.1, 0.15) is 37.6 Å². The minimum absolute atomic E-state index is 0.284. The van der Waals surface area contributed by atoms with Crippen LogP contribution in [-0.2, 0) is 4.79 Å². The lowest BCUT2D eigenvalue weighted by atomic mass is 10.1. The lowest BCUT2D eigenvalue weighted by molar-refractivity contribution is -0.137. The maximum absolute atomic E-state index is 12.1. The number of nitrogens with zero attached hydrogens (tertiary/aromatic N) is 1. The van der Waals surface area contributed by atoms with Crippen molar-refractivity contribution in [2.45, 2.75) is 27.2 Å². The molecule has 1 rings (SSSR count). The number of hydrogen-bond acceptors (Lipinski definition) is 3. The molecular formula is C16H23NO4. The standard InChI is InChI=1S/C16H23NO4/c1-4-17(11-15(18)19)16(20)13-5-7-14(8-6-13)21-10-9-12(2)3/h5-8,12H,4,9-11H2,1-3H3,(H,18,19). The van der Waals surface area contributed by atoms with Crippen LogP contribution in [0.4, 0.5) is 0 Å². The van der Waals surface area contributed by atoms with Crippen LogP contribution in [0.3, 0.4) is 0 Å². The van der Waals surface area contributed by atoms with Crippen LogP contribution in [0, 0.1) is 5.92 Å². The highest BCUT2D eigenvalue weighted by Gasteiger charge is 2.16. The Kier molecular flexibility index (Phi) is 6.72. The van der Waals surface area contributed by atoms with Crippen LogP contribution >= 0.6 is 0 Å². The van der Waals surface area contributed by atoms with Crippen LogP contribution in [0.25, 0.3) is 0 Å². The van der Waals surface area contributed by atoms with E-state index in [4.69, 9.17) is 9.84 Å². The predicted molar refractivity (Wildman–Crippen MR) is 80.6 cm³/mol. The molecule has 5 nitrogen and oxygen atoms in total. The Morgan fingerprint density at radius 3 is 2.33 bits per heavy atom. The highest BCUT2D eigenvalue weighted by Crippen LogP contribution is 2.14. The predicted octanol–water partition coefficient (Wildman–Crippen LogP) is 2.66. The highest BCUT2D eigenvalue weighted by molar-refractivity contribution is 5.95.